The van der Waals surface area contributed by atoms with Crippen LogP contribution in [0.25, 0.3) is 0 Å². The van der Waals surface area contributed by atoms with Gasteiger partial charge in [-0.2, -0.15) is 0 Å². The van der Waals surface area contributed by atoms with Gasteiger partial charge in [-0.15, -0.1) is 0 Å². The highest BCUT2D eigenvalue weighted by Crippen LogP contribution is 2.50. The molecule has 0 unspecified atom stereocenters. The molecular formula is C12H15BrN2O. The lowest BCUT2D eigenvalue weighted by Crippen LogP contribution is -2.42. The van der Waals surface area contributed by atoms with E-state index in [1.54, 1.807) is 5.01 Å². The van der Waals surface area contributed by atoms with Crippen molar-refractivity contribution < 1.29 is 4.79 Å². The molecule has 0 radical (unpaired) electrons. The molecule has 0 atom stereocenters. The van der Waals surface area contributed by atoms with Gasteiger partial charge in [0.05, 0.1) is 5.41 Å². The predicted octanol–water partition coefficient (Wildman–Crippen LogP) is 2.07. The first-order valence-electron chi connectivity index (χ1n) is 5.30. The Bertz CT molecular complexity index is 413. The van der Waals surface area contributed by atoms with E-state index < -0.39 is 0 Å². The first-order chi connectivity index (χ1) is 7.56. The van der Waals surface area contributed by atoms with E-state index in [0.717, 1.165) is 22.9 Å². The van der Waals surface area contributed by atoms with E-state index >= 15 is 0 Å². The van der Waals surface area contributed by atoms with Crippen LogP contribution in [0.4, 0.5) is 0 Å². The fourth-order valence-electron chi connectivity index (χ4n) is 1.90. The molecular weight excluding hydrogens is 268 g/mol. The highest BCUT2D eigenvalue weighted by Gasteiger charge is 2.52. The summed E-state index contributed by atoms with van der Waals surface area (Å²) in [5, 5.41) is 1.69. The summed E-state index contributed by atoms with van der Waals surface area (Å²) >= 11 is 3.51. The summed E-state index contributed by atoms with van der Waals surface area (Å²) in [7, 11) is 3.65. The van der Waals surface area contributed by atoms with Gasteiger partial charge in [0.2, 0.25) is 5.91 Å². The second-order valence-electron chi connectivity index (χ2n) is 4.40. The van der Waals surface area contributed by atoms with Crippen molar-refractivity contribution in [2.75, 3.05) is 14.1 Å². The fraction of sp³-hybridized carbons (Fsp3) is 0.417. The molecule has 1 aromatic carbocycles. The smallest absolute Gasteiger partial charge is 0.244 e. The van der Waals surface area contributed by atoms with Crippen LogP contribution in [0.1, 0.15) is 18.4 Å². The monoisotopic (exact) mass is 282 g/mol. The maximum atomic E-state index is 12.1. The van der Waals surface area contributed by atoms with Crippen LogP contribution in [0.2, 0.25) is 0 Å². The van der Waals surface area contributed by atoms with Gasteiger partial charge in [-0.05, 0) is 24.5 Å². The summed E-state index contributed by atoms with van der Waals surface area (Å²) in [6.07, 6.45) is 1.85. The molecule has 16 heavy (non-hydrogen) atoms. The topological polar surface area (TPSA) is 32.3 Å². The molecule has 1 aliphatic carbocycles. The number of carbonyl (C=O) groups excluding carboxylic acids is 1. The first-order valence-corrected chi connectivity index (χ1v) is 6.09. The van der Waals surface area contributed by atoms with Crippen molar-refractivity contribution in [3.05, 3.63) is 34.3 Å². The Labute approximate surface area is 104 Å². The Balaban J connectivity index is 2.27. The number of nitrogens with zero attached hydrogens (tertiary/aromatic N) is 1. The third kappa shape index (κ3) is 1.99. The molecule has 1 amide bonds. The maximum absolute atomic E-state index is 12.1. The molecule has 86 valence electrons. The molecule has 0 heterocycles. The van der Waals surface area contributed by atoms with E-state index in [2.05, 4.69) is 21.4 Å². The SMILES string of the molecule is CN(C)NC(=O)C1(c2ccccc2Br)CC1. The van der Waals surface area contributed by atoms with Crippen LogP contribution in [0.3, 0.4) is 0 Å². The minimum absolute atomic E-state index is 0.0874. The zero-order valence-electron chi connectivity index (χ0n) is 9.46. The summed E-state index contributed by atoms with van der Waals surface area (Å²) in [5.41, 5.74) is 3.62. The van der Waals surface area contributed by atoms with Crippen LogP contribution >= 0.6 is 15.9 Å². The lowest BCUT2D eigenvalue weighted by atomic mass is 9.95. The van der Waals surface area contributed by atoms with Gasteiger partial charge < -0.3 is 0 Å². The quantitative estimate of drug-likeness (QED) is 0.861. The van der Waals surface area contributed by atoms with E-state index in [1.165, 1.54) is 0 Å². The lowest BCUT2D eigenvalue weighted by molar-refractivity contribution is -0.127. The summed E-state index contributed by atoms with van der Waals surface area (Å²) in [6, 6.07) is 7.95. The van der Waals surface area contributed by atoms with E-state index in [1.807, 2.05) is 38.4 Å². The fourth-order valence-corrected chi connectivity index (χ4v) is 2.57. The van der Waals surface area contributed by atoms with Crippen molar-refractivity contribution in [2.24, 2.45) is 0 Å². The average Bonchev–Trinajstić information content (AvgIpc) is 2.98. The van der Waals surface area contributed by atoms with Gasteiger partial charge in [0, 0.05) is 18.6 Å². The Hall–Kier alpha value is -0.870. The second kappa shape index (κ2) is 4.18. The molecule has 1 fully saturated rings. The molecule has 4 heteroatoms. The number of rotatable bonds is 3. The van der Waals surface area contributed by atoms with E-state index in [-0.39, 0.29) is 11.3 Å². The molecule has 1 aromatic rings. The molecule has 3 nitrogen and oxygen atoms in total. The molecule has 0 aromatic heterocycles. The second-order valence-corrected chi connectivity index (χ2v) is 5.25. The lowest BCUT2D eigenvalue weighted by Gasteiger charge is -2.20. The summed E-state index contributed by atoms with van der Waals surface area (Å²) in [6.45, 7) is 0. The third-order valence-electron chi connectivity index (χ3n) is 2.90. The number of carbonyl (C=O) groups is 1. The highest BCUT2D eigenvalue weighted by atomic mass is 79.9. The molecule has 1 aliphatic rings. The van der Waals surface area contributed by atoms with Crippen molar-refractivity contribution in [1.29, 1.82) is 0 Å². The van der Waals surface area contributed by atoms with Gasteiger partial charge in [0.1, 0.15) is 0 Å². The number of halogens is 1. The van der Waals surface area contributed by atoms with Crippen molar-refractivity contribution in [3.63, 3.8) is 0 Å². The maximum Gasteiger partial charge on any atom is 0.244 e. The minimum Gasteiger partial charge on any atom is -0.289 e. The molecule has 0 aliphatic heterocycles. The van der Waals surface area contributed by atoms with Crippen LogP contribution in [0, 0.1) is 0 Å². The van der Waals surface area contributed by atoms with Crippen molar-refractivity contribution in [3.8, 4) is 0 Å². The number of hydrogen-bond acceptors (Lipinski definition) is 2. The van der Waals surface area contributed by atoms with Gasteiger partial charge in [0.15, 0.2) is 0 Å². The van der Waals surface area contributed by atoms with Gasteiger partial charge in [0.25, 0.3) is 0 Å². The Kier molecular flexibility index (Phi) is 3.04. The molecule has 0 spiro atoms. The number of hydrazine groups is 1. The highest BCUT2D eigenvalue weighted by molar-refractivity contribution is 9.10. The average molecular weight is 283 g/mol. The standard InChI is InChI=1S/C12H15BrN2O/c1-15(2)14-11(16)12(7-8-12)9-5-3-4-6-10(9)13/h3-6H,7-8H2,1-2H3,(H,14,16). The number of nitrogens with one attached hydrogen (secondary N) is 1. The van der Waals surface area contributed by atoms with Gasteiger partial charge >= 0.3 is 0 Å². The summed E-state index contributed by atoms with van der Waals surface area (Å²) in [5.74, 6) is 0.0874. The third-order valence-corrected chi connectivity index (χ3v) is 3.59. The Morgan fingerprint density at radius 2 is 2.00 bits per heavy atom. The number of hydrogen-bond donors (Lipinski definition) is 1. The van der Waals surface area contributed by atoms with Crippen LogP contribution in [0.15, 0.2) is 28.7 Å². The van der Waals surface area contributed by atoms with Gasteiger partial charge in [-0.3, -0.25) is 10.2 Å². The van der Waals surface area contributed by atoms with Gasteiger partial charge in [-0.1, -0.05) is 34.1 Å². The molecule has 0 saturated heterocycles. The summed E-state index contributed by atoms with van der Waals surface area (Å²) < 4.78 is 1.02. The zero-order valence-corrected chi connectivity index (χ0v) is 11.0. The van der Waals surface area contributed by atoms with E-state index in [9.17, 15) is 4.79 Å². The summed E-state index contributed by atoms with van der Waals surface area (Å²) in [4.78, 5) is 12.1. The largest absolute Gasteiger partial charge is 0.289 e. The number of amides is 1. The Morgan fingerprint density at radius 1 is 1.38 bits per heavy atom. The molecule has 0 bridgehead atoms. The van der Waals surface area contributed by atoms with Crippen molar-refractivity contribution in [1.82, 2.24) is 10.4 Å². The van der Waals surface area contributed by atoms with Crippen LogP contribution in [-0.4, -0.2) is 25.0 Å². The van der Waals surface area contributed by atoms with E-state index in [4.69, 9.17) is 0 Å². The normalized spacial score (nSPS) is 17.2. The van der Waals surface area contributed by atoms with Crippen LogP contribution < -0.4 is 5.43 Å². The molecule has 1 saturated carbocycles. The van der Waals surface area contributed by atoms with Crippen LogP contribution in [-0.2, 0) is 10.2 Å². The van der Waals surface area contributed by atoms with Crippen molar-refractivity contribution >= 4 is 21.8 Å². The Morgan fingerprint density at radius 3 is 2.50 bits per heavy atom. The minimum atomic E-state index is -0.315. The van der Waals surface area contributed by atoms with E-state index in [0.29, 0.717) is 0 Å². The van der Waals surface area contributed by atoms with Crippen molar-refractivity contribution in [2.45, 2.75) is 18.3 Å². The molecule has 2 rings (SSSR count). The zero-order chi connectivity index (χ0) is 11.8. The predicted molar refractivity (Wildman–Crippen MR) is 66.9 cm³/mol. The number of benzene rings is 1. The van der Waals surface area contributed by atoms with Gasteiger partial charge in [-0.25, -0.2) is 5.01 Å². The molecule has 1 N–H and O–H groups in total. The van der Waals surface area contributed by atoms with Crippen LogP contribution in [0.5, 0.6) is 0 Å². The first kappa shape index (κ1) is 11.6.